The van der Waals surface area contributed by atoms with Crippen molar-refractivity contribution in [3.05, 3.63) is 78.4 Å². The Kier molecular flexibility index (Phi) is 3.39. The predicted octanol–water partition coefficient (Wildman–Crippen LogP) is 5.16. The van der Waals surface area contributed by atoms with E-state index < -0.39 is 5.56 Å². The zero-order chi connectivity index (χ0) is 13.1. The van der Waals surface area contributed by atoms with Crippen molar-refractivity contribution in [3.8, 4) is 5.75 Å². The lowest BCUT2D eigenvalue weighted by molar-refractivity contribution is 0.288. The lowest BCUT2D eigenvalue weighted by atomic mass is 10.1. The van der Waals surface area contributed by atoms with Crippen LogP contribution in [0.5, 0.6) is 5.75 Å². The monoisotopic (exact) mass is 268 g/mol. The number of ether oxygens (including phenoxy) is 1. The van der Waals surface area contributed by atoms with Crippen LogP contribution in [0.25, 0.3) is 10.8 Å². The van der Waals surface area contributed by atoms with Gasteiger partial charge in [-0.25, -0.2) is 0 Å². The Morgan fingerprint density at radius 3 is 2.21 bits per heavy atom. The molecule has 3 rings (SSSR count). The third-order valence-electron chi connectivity index (χ3n) is 3.02. The van der Waals surface area contributed by atoms with Crippen LogP contribution in [0.3, 0.4) is 0 Å². The number of alkyl halides is 1. The molecule has 0 amide bonds. The third-order valence-corrected chi connectivity index (χ3v) is 3.36. The highest BCUT2D eigenvalue weighted by atomic mass is 35.5. The second-order valence-corrected chi connectivity index (χ2v) is 4.75. The molecule has 1 nitrogen and oxygen atoms in total. The van der Waals surface area contributed by atoms with Crippen molar-refractivity contribution in [1.29, 1.82) is 0 Å². The van der Waals surface area contributed by atoms with Gasteiger partial charge in [0.1, 0.15) is 5.75 Å². The minimum Gasteiger partial charge on any atom is -0.470 e. The molecule has 0 aromatic heterocycles. The van der Waals surface area contributed by atoms with Gasteiger partial charge >= 0.3 is 0 Å². The summed E-state index contributed by atoms with van der Waals surface area (Å²) >= 11 is 6.27. The van der Waals surface area contributed by atoms with Crippen LogP contribution in [-0.4, -0.2) is 0 Å². The molecule has 0 saturated heterocycles. The first-order valence-electron chi connectivity index (χ1n) is 6.17. The molecule has 0 heterocycles. The molecule has 0 spiro atoms. The molecular weight excluding hydrogens is 256 g/mol. The molecule has 1 unspecified atom stereocenters. The smallest absolute Gasteiger partial charge is 0.197 e. The molecule has 1 atom stereocenters. The van der Waals surface area contributed by atoms with E-state index in [1.165, 1.54) is 5.39 Å². The number of halogens is 1. The van der Waals surface area contributed by atoms with Crippen LogP contribution >= 0.6 is 11.6 Å². The normalized spacial score (nSPS) is 12.3. The van der Waals surface area contributed by atoms with Gasteiger partial charge in [-0.05, 0) is 22.9 Å². The van der Waals surface area contributed by atoms with Crippen LogP contribution in [0.1, 0.15) is 11.1 Å². The van der Waals surface area contributed by atoms with E-state index in [4.69, 9.17) is 16.3 Å². The average Bonchev–Trinajstić information content (AvgIpc) is 2.48. The first-order chi connectivity index (χ1) is 9.33. The standard InChI is InChI=1S/C17H13ClO/c18-17(14-7-2-1-3-8-14)19-16-11-10-13-6-4-5-9-15(13)12-16/h1-12,17H. The Bertz CT molecular complexity index is 679. The molecule has 0 aliphatic rings. The van der Waals surface area contributed by atoms with Gasteiger partial charge < -0.3 is 4.74 Å². The second kappa shape index (κ2) is 5.33. The molecular formula is C17H13ClO. The van der Waals surface area contributed by atoms with E-state index in [1.54, 1.807) is 0 Å². The van der Waals surface area contributed by atoms with E-state index in [0.29, 0.717) is 0 Å². The summed E-state index contributed by atoms with van der Waals surface area (Å²) in [6.07, 6.45) is 0. The van der Waals surface area contributed by atoms with Crippen molar-refractivity contribution in [2.45, 2.75) is 5.56 Å². The molecule has 0 radical (unpaired) electrons. The number of hydrogen-bond acceptors (Lipinski definition) is 1. The molecule has 0 fully saturated rings. The summed E-state index contributed by atoms with van der Waals surface area (Å²) in [6.45, 7) is 0. The fourth-order valence-corrected chi connectivity index (χ4v) is 2.28. The lowest BCUT2D eigenvalue weighted by Crippen LogP contribution is -1.99. The average molecular weight is 269 g/mol. The molecule has 0 bridgehead atoms. The quantitative estimate of drug-likeness (QED) is 0.597. The third kappa shape index (κ3) is 2.72. The fourth-order valence-electron chi connectivity index (χ4n) is 2.03. The topological polar surface area (TPSA) is 9.23 Å². The highest BCUT2D eigenvalue weighted by Gasteiger charge is 2.08. The van der Waals surface area contributed by atoms with E-state index >= 15 is 0 Å². The van der Waals surface area contributed by atoms with E-state index in [2.05, 4.69) is 12.1 Å². The molecule has 3 aromatic rings. The van der Waals surface area contributed by atoms with Gasteiger partial charge in [-0.15, -0.1) is 0 Å². The van der Waals surface area contributed by atoms with Crippen molar-refractivity contribution in [2.75, 3.05) is 0 Å². The summed E-state index contributed by atoms with van der Waals surface area (Å²) in [4.78, 5) is 0. The fraction of sp³-hybridized carbons (Fsp3) is 0.0588. The van der Waals surface area contributed by atoms with Gasteiger partial charge in [-0.1, -0.05) is 72.3 Å². The van der Waals surface area contributed by atoms with Crippen LogP contribution in [0.4, 0.5) is 0 Å². The summed E-state index contributed by atoms with van der Waals surface area (Å²) in [5.41, 5.74) is 0.486. The Morgan fingerprint density at radius 2 is 1.42 bits per heavy atom. The summed E-state index contributed by atoms with van der Waals surface area (Å²) in [6, 6.07) is 24.0. The molecule has 19 heavy (non-hydrogen) atoms. The molecule has 94 valence electrons. The maximum atomic E-state index is 6.27. The minimum atomic E-state index is -0.470. The summed E-state index contributed by atoms with van der Waals surface area (Å²) < 4.78 is 5.77. The van der Waals surface area contributed by atoms with Gasteiger partial charge in [0, 0.05) is 5.56 Å². The van der Waals surface area contributed by atoms with Crippen molar-refractivity contribution >= 4 is 22.4 Å². The highest BCUT2D eigenvalue weighted by Crippen LogP contribution is 2.27. The summed E-state index contributed by atoms with van der Waals surface area (Å²) in [5, 5.41) is 2.35. The maximum Gasteiger partial charge on any atom is 0.197 e. The van der Waals surface area contributed by atoms with E-state index in [9.17, 15) is 0 Å². The van der Waals surface area contributed by atoms with Gasteiger partial charge in [-0.3, -0.25) is 0 Å². The van der Waals surface area contributed by atoms with E-state index in [1.807, 2.05) is 60.7 Å². The molecule has 0 aliphatic heterocycles. The van der Waals surface area contributed by atoms with Crippen LogP contribution in [0.2, 0.25) is 0 Å². The van der Waals surface area contributed by atoms with Gasteiger partial charge in [0.05, 0.1) is 0 Å². The first kappa shape index (κ1) is 12.1. The number of fused-ring (bicyclic) bond motifs is 1. The Labute approximate surface area is 117 Å². The van der Waals surface area contributed by atoms with Crippen molar-refractivity contribution in [2.24, 2.45) is 0 Å². The van der Waals surface area contributed by atoms with Crippen LogP contribution in [-0.2, 0) is 0 Å². The van der Waals surface area contributed by atoms with Crippen molar-refractivity contribution < 1.29 is 4.74 Å². The van der Waals surface area contributed by atoms with Crippen molar-refractivity contribution in [1.82, 2.24) is 0 Å². The van der Waals surface area contributed by atoms with Gasteiger partial charge in [0.15, 0.2) is 5.56 Å². The molecule has 0 aliphatic carbocycles. The van der Waals surface area contributed by atoms with Crippen LogP contribution in [0, 0.1) is 0 Å². The van der Waals surface area contributed by atoms with Gasteiger partial charge in [0.25, 0.3) is 0 Å². The first-order valence-corrected chi connectivity index (χ1v) is 6.61. The zero-order valence-electron chi connectivity index (χ0n) is 10.3. The lowest BCUT2D eigenvalue weighted by Gasteiger charge is -2.13. The molecule has 3 aromatic carbocycles. The van der Waals surface area contributed by atoms with Crippen molar-refractivity contribution in [3.63, 3.8) is 0 Å². The number of benzene rings is 3. The van der Waals surface area contributed by atoms with Crippen LogP contribution in [0.15, 0.2) is 72.8 Å². The Hall–Kier alpha value is -1.99. The second-order valence-electron chi connectivity index (χ2n) is 4.35. The minimum absolute atomic E-state index is 0.470. The zero-order valence-corrected chi connectivity index (χ0v) is 11.0. The summed E-state index contributed by atoms with van der Waals surface area (Å²) in [5.74, 6) is 0.780. The van der Waals surface area contributed by atoms with Gasteiger partial charge in [-0.2, -0.15) is 0 Å². The number of rotatable bonds is 3. The van der Waals surface area contributed by atoms with Crippen LogP contribution < -0.4 is 4.74 Å². The highest BCUT2D eigenvalue weighted by molar-refractivity contribution is 6.20. The largest absolute Gasteiger partial charge is 0.470 e. The Balaban J connectivity index is 1.85. The molecule has 2 heteroatoms. The molecule has 0 N–H and O–H groups in total. The SMILES string of the molecule is ClC(Oc1ccc2ccccc2c1)c1ccccc1. The Morgan fingerprint density at radius 1 is 0.737 bits per heavy atom. The predicted molar refractivity (Wildman–Crippen MR) is 79.6 cm³/mol. The number of hydrogen-bond donors (Lipinski definition) is 0. The summed E-state index contributed by atoms with van der Waals surface area (Å²) in [7, 11) is 0. The molecule has 0 saturated carbocycles. The van der Waals surface area contributed by atoms with E-state index in [-0.39, 0.29) is 0 Å². The maximum absolute atomic E-state index is 6.27. The van der Waals surface area contributed by atoms with Gasteiger partial charge in [0.2, 0.25) is 0 Å². The van der Waals surface area contributed by atoms with E-state index in [0.717, 1.165) is 16.7 Å².